The largest absolute Gasteiger partial charge is 0.246 e. The van der Waals surface area contributed by atoms with Gasteiger partial charge in [0.1, 0.15) is 0 Å². The summed E-state index contributed by atoms with van der Waals surface area (Å²) in [4.78, 5) is 10.6. The lowest BCUT2D eigenvalue weighted by Crippen LogP contribution is -2.15. The normalized spacial score (nSPS) is 18.5. The van der Waals surface area contributed by atoms with E-state index in [2.05, 4.69) is 82.3 Å². The summed E-state index contributed by atoms with van der Waals surface area (Å²) >= 11 is 0. The maximum Gasteiger partial charge on any atom is 0.0978 e. The predicted molar refractivity (Wildman–Crippen MR) is 137 cm³/mol. The van der Waals surface area contributed by atoms with Crippen molar-refractivity contribution in [1.82, 2.24) is 0 Å². The fraction of sp³-hybridized carbons (Fsp3) is 0.267. The van der Waals surface area contributed by atoms with E-state index in [0.717, 1.165) is 30.0 Å². The van der Waals surface area contributed by atoms with E-state index in [4.69, 9.17) is 9.98 Å². The minimum atomic E-state index is 0.442. The Balaban J connectivity index is 1.80. The highest BCUT2D eigenvalue weighted by atomic mass is 14.8. The Hall–Kier alpha value is -3.26. The highest BCUT2D eigenvalue weighted by molar-refractivity contribution is 6.61. The third-order valence-corrected chi connectivity index (χ3v) is 6.53. The van der Waals surface area contributed by atoms with Crippen molar-refractivity contribution in [3.63, 3.8) is 0 Å². The van der Waals surface area contributed by atoms with Crippen molar-refractivity contribution in [3.05, 3.63) is 101 Å². The Morgan fingerprint density at radius 2 is 1.34 bits per heavy atom. The number of benzene rings is 3. The summed E-state index contributed by atoms with van der Waals surface area (Å²) in [6.07, 6.45) is 4.59. The molecule has 0 heterocycles. The molecule has 3 aromatic carbocycles. The van der Waals surface area contributed by atoms with Crippen LogP contribution in [0.4, 0.5) is 5.69 Å². The van der Waals surface area contributed by atoms with Crippen molar-refractivity contribution < 1.29 is 0 Å². The van der Waals surface area contributed by atoms with Crippen LogP contribution in [0.1, 0.15) is 51.7 Å². The smallest absolute Gasteiger partial charge is 0.0978 e. The number of hydrogen-bond acceptors (Lipinski definition) is 2. The predicted octanol–water partition coefficient (Wildman–Crippen LogP) is 8.05. The zero-order chi connectivity index (χ0) is 22.2. The molecular formula is C30H30N2. The SMILES string of the molecule is CC(C)C1=CCCC(C(C)C)=C1/N=C1/C(=N/c2ccccc2)c2cccc3cccc1c23. The third kappa shape index (κ3) is 3.54. The van der Waals surface area contributed by atoms with Crippen LogP contribution in [-0.4, -0.2) is 11.4 Å². The average molecular weight is 419 g/mol. The molecule has 2 heteroatoms. The monoisotopic (exact) mass is 418 g/mol. The molecule has 3 aromatic rings. The van der Waals surface area contributed by atoms with E-state index < -0.39 is 0 Å². The van der Waals surface area contributed by atoms with Crippen LogP contribution >= 0.6 is 0 Å². The van der Waals surface area contributed by atoms with Gasteiger partial charge in [-0.1, -0.05) is 88.4 Å². The molecule has 160 valence electrons. The summed E-state index contributed by atoms with van der Waals surface area (Å²) in [5, 5.41) is 2.51. The van der Waals surface area contributed by atoms with E-state index >= 15 is 0 Å². The van der Waals surface area contributed by atoms with Gasteiger partial charge in [0.15, 0.2) is 0 Å². The minimum Gasteiger partial charge on any atom is -0.246 e. The van der Waals surface area contributed by atoms with Crippen LogP contribution in [0.3, 0.4) is 0 Å². The second-order valence-corrected chi connectivity index (χ2v) is 9.35. The van der Waals surface area contributed by atoms with Crippen LogP contribution in [-0.2, 0) is 0 Å². The number of para-hydroxylation sites is 1. The molecule has 0 saturated heterocycles. The van der Waals surface area contributed by atoms with Gasteiger partial charge in [-0.15, -0.1) is 0 Å². The van der Waals surface area contributed by atoms with E-state index in [1.165, 1.54) is 38.7 Å². The first kappa shape index (κ1) is 20.6. The van der Waals surface area contributed by atoms with Gasteiger partial charge in [-0.05, 0) is 53.3 Å². The number of aliphatic imine (C=N–C) groups is 2. The lowest BCUT2D eigenvalue weighted by atomic mass is 9.84. The number of allylic oxidation sites excluding steroid dienone is 3. The molecule has 0 aliphatic heterocycles. The molecule has 0 atom stereocenters. The van der Waals surface area contributed by atoms with Crippen LogP contribution in [0.2, 0.25) is 0 Å². The highest BCUT2D eigenvalue weighted by Gasteiger charge is 2.29. The first-order chi connectivity index (χ1) is 15.5. The molecule has 0 fully saturated rings. The average Bonchev–Trinajstić information content (AvgIpc) is 3.09. The molecule has 0 spiro atoms. The molecule has 0 amide bonds. The van der Waals surface area contributed by atoms with Gasteiger partial charge in [0.05, 0.1) is 22.8 Å². The van der Waals surface area contributed by atoms with Crippen LogP contribution < -0.4 is 0 Å². The quantitative estimate of drug-likeness (QED) is 0.409. The summed E-state index contributed by atoms with van der Waals surface area (Å²) < 4.78 is 0. The first-order valence-electron chi connectivity index (χ1n) is 11.7. The van der Waals surface area contributed by atoms with Crippen molar-refractivity contribution in [3.8, 4) is 0 Å². The van der Waals surface area contributed by atoms with Crippen molar-refractivity contribution >= 4 is 27.9 Å². The van der Waals surface area contributed by atoms with Gasteiger partial charge in [-0.25, -0.2) is 9.98 Å². The number of nitrogens with zero attached hydrogens (tertiary/aromatic N) is 2. The zero-order valence-electron chi connectivity index (χ0n) is 19.4. The standard InChI is InChI=1S/C30H30N2/c1-19(2)23-15-10-16-24(20(3)4)28(23)32-30-26-18-9-12-21-11-8-17-25(27(21)26)29(30)31-22-13-6-5-7-14-22/h5-9,11-15,17-20H,10,16H2,1-4H3/b31-29+,32-30+. The molecular weight excluding hydrogens is 388 g/mol. The van der Waals surface area contributed by atoms with E-state index in [1.807, 2.05) is 18.2 Å². The van der Waals surface area contributed by atoms with Gasteiger partial charge < -0.3 is 0 Å². The van der Waals surface area contributed by atoms with Gasteiger partial charge in [0, 0.05) is 16.5 Å². The molecule has 2 aliphatic rings. The molecule has 0 bridgehead atoms. The van der Waals surface area contributed by atoms with Crippen LogP contribution in [0, 0.1) is 11.8 Å². The van der Waals surface area contributed by atoms with Crippen molar-refractivity contribution in [2.24, 2.45) is 21.8 Å². The molecule has 0 aromatic heterocycles. The third-order valence-electron chi connectivity index (χ3n) is 6.53. The maximum atomic E-state index is 5.46. The van der Waals surface area contributed by atoms with Gasteiger partial charge in [-0.3, -0.25) is 0 Å². The Morgan fingerprint density at radius 1 is 0.688 bits per heavy atom. The fourth-order valence-corrected chi connectivity index (χ4v) is 4.95. The van der Waals surface area contributed by atoms with Crippen molar-refractivity contribution in [2.75, 3.05) is 0 Å². The molecule has 0 unspecified atom stereocenters. The summed E-state index contributed by atoms with van der Waals surface area (Å²) in [6.45, 7) is 9.14. The Morgan fingerprint density at radius 3 is 1.97 bits per heavy atom. The lowest BCUT2D eigenvalue weighted by Gasteiger charge is -2.24. The fourth-order valence-electron chi connectivity index (χ4n) is 4.95. The number of hydrogen-bond donors (Lipinski definition) is 0. The number of rotatable bonds is 4. The Labute approximate surface area is 191 Å². The maximum absolute atomic E-state index is 5.46. The summed E-state index contributed by atoms with van der Waals surface area (Å²) in [5.74, 6) is 0.920. The lowest BCUT2D eigenvalue weighted by molar-refractivity contribution is 0.665. The van der Waals surface area contributed by atoms with E-state index in [0.29, 0.717) is 11.8 Å². The first-order valence-corrected chi connectivity index (χ1v) is 11.7. The van der Waals surface area contributed by atoms with Gasteiger partial charge >= 0.3 is 0 Å². The summed E-state index contributed by atoms with van der Waals surface area (Å²) in [5.41, 5.74) is 9.33. The zero-order valence-corrected chi connectivity index (χ0v) is 19.4. The Kier molecular flexibility index (Phi) is 5.38. The van der Waals surface area contributed by atoms with Gasteiger partial charge in [-0.2, -0.15) is 0 Å². The minimum absolute atomic E-state index is 0.442. The topological polar surface area (TPSA) is 24.7 Å². The molecule has 2 nitrogen and oxygen atoms in total. The second-order valence-electron chi connectivity index (χ2n) is 9.35. The van der Waals surface area contributed by atoms with Crippen LogP contribution in [0.15, 0.2) is 99.6 Å². The Bertz CT molecular complexity index is 1300. The molecule has 32 heavy (non-hydrogen) atoms. The molecule has 0 radical (unpaired) electrons. The molecule has 5 rings (SSSR count). The second kappa shape index (κ2) is 8.35. The van der Waals surface area contributed by atoms with Crippen molar-refractivity contribution in [1.29, 1.82) is 0 Å². The van der Waals surface area contributed by atoms with Gasteiger partial charge in [0.2, 0.25) is 0 Å². The summed E-state index contributed by atoms with van der Waals surface area (Å²) in [7, 11) is 0. The van der Waals surface area contributed by atoms with E-state index in [1.54, 1.807) is 0 Å². The highest BCUT2D eigenvalue weighted by Crippen LogP contribution is 2.38. The molecule has 2 aliphatic carbocycles. The van der Waals surface area contributed by atoms with Crippen molar-refractivity contribution in [2.45, 2.75) is 40.5 Å². The van der Waals surface area contributed by atoms with E-state index in [-0.39, 0.29) is 0 Å². The van der Waals surface area contributed by atoms with E-state index in [9.17, 15) is 0 Å². The summed E-state index contributed by atoms with van der Waals surface area (Å²) in [6, 6.07) is 23.3. The van der Waals surface area contributed by atoms with Crippen LogP contribution in [0.5, 0.6) is 0 Å². The molecule has 0 saturated carbocycles. The van der Waals surface area contributed by atoms with Crippen LogP contribution in [0.25, 0.3) is 10.8 Å². The molecule has 0 N–H and O–H groups in total. The van der Waals surface area contributed by atoms with Gasteiger partial charge in [0.25, 0.3) is 0 Å².